The lowest BCUT2D eigenvalue weighted by Gasteiger charge is -2.24. The molecule has 2 aromatic carbocycles. The van der Waals surface area contributed by atoms with Crippen LogP contribution in [-0.2, 0) is 27.6 Å². The van der Waals surface area contributed by atoms with Gasteiger partial charge in [-0.15, -0.1) is 0 Å². The lowest BCUT2D eigenvalue weighted by Crippen LogP contribution is -2.37. The van der Waals surface area contributed by atoms with Crippen LogP contribution in [0.5, 0.6) is 11.5 Å². The van der Waals surface area contributed by atoms with E-state index in [0.717, 1.165) is 11.1 Å². The molecular weight excluding hydrogens is 436 g/mol. The molecule has 9 heteroatoms. The van der Waals surface area contributed by atoms with E-state index in [0.29, 0.717) is 23.2 Å². The zero-order valence-electron chi connectivity index (χ0n) is 17.4. The van der Waals surface area contributed by atoms with Gasteiger partial charge >= 0.3 is 0 Å². The average molecular weight is 461 g/mol. The SMILES string of the molecule is COc1ccc(CC(=O)N=C2S[C@@H]3CS(=O)(=O)C[C@H]3N2Cc2ccccc2)cc1OC. The first-order valence-corrected chi connectivity index (χ1v) is 12.6. The molecule has 31 heavy (non-hydrogen) atoms. The smallest absolute Gasteiger partial charge is 0.252 e. The quantitative estimate of drug-likeness (QED) is 0.655. The highest BCUT2D eigenvalue weighted by Crippen LogP contribution is 2.39. The van der Waals surface area contributed by atoms with Gasteiger partial charge in [0.25, 0.3) is 5.91 Å². The minimum Gasteiger partial charge on any atom is -0.493 e. The molecule has 2 aliphatic heterocycles. The van der Waals surface area contributed by atoms with Crippen molar-refractivity contribution in [3.8, 4) is 11.5 Å². The van der Waals surface area contributed by atoms with Crippen LogP contribution >= 0.6 is 11.8 Å². The first-order chi connectivity index (χ1) is 14.9. The second kappa shape index (κ2) is 8.92. The molecule has 0 unspecified atom stereocenters. The molecule has 2 atom stereocenters. The van der Waals surface area contributed by atoms with Crippen LogP contribution in [0.4, 0.5) is 0 Å². The number of amidine groups is 1. The number of sulfone groups is 1. The number of methoxy groups -OCH3 is 2. The van der Waals surface area contributed by atoms with E-state index in [-0.39, 0.29) is 35.1 Å². The summed E-state index contributed by atoms with van der Waals surface area (Å²) in [7, 11) is 0.0349. The fourth-order valence-corrected chi connectivity index (χ4v) is 7.88. The van der Waals surface area contributed by atoms with E-state index in [1.54, 1.807) is 26.4 Å². The zero-order valence-corrected chi connectivity index (χ0v) is 19.0. The van der Waals surface area contributed by atoms with E-state index < -0.39 is 9.84 Å². The van der Waals surface area contributed by atoms with Crippen molar-refractivity contribution in [2.45, 2.75) is 24.3 Å². The molecule has 1 amide bonds. The van der Waals surface area contributed by atoms with Crippen LogP contribution in [0.3, 0.4) is 0 Å². The highest BCUT2D eigenvalue weighted by atomic mass is 32.2. The van der Waals surface area contributed by atoms with Crippen LogP contribution in [0.15, 0.2) is 53.5 Å². The molecule has 0 aromatic heterocycles. The van der Waals surface area contributed by atoms with Gasteiger partial charge in [-0.1, -0.05) is 48.2 Å². The second-order valence-corrected chi connectivity index (χ2v) is 10.9. The van der Waals surface area contributed by atoms with Crippen molar-refractivity contribution >= 4 is 32.7 Å². The molecule has 164 valence electrons. The minimum atomic E-state index is -3.07. The molecular formula is C22H24N2O5S2. The number of benzene rings is 2. The van der Waals surface area contributed by atoms with Gasteiger partial charge in [-0.05, 0) is 23.3 Å². The van der Waals surface area contributed by atoms with Gasteiger partial charge in [-0.2, -0.15) is 4.99 Å². The number of carbonyl (C=O) groups is 1. The zero-order chi connectivity index (χ0) is 22.0. The van der Waals surface area contributed by atoms with Gasteiger partial charge in [0.15, 0.2) is 26.5 Å². The molecule has 2 aliphatic rings. The van der Waals surface area contributed by atoms with Crippen LogP contribution in [-0.4, -0.2) is 61.4 Å². The normalized spacial score (nSPS) is 23.0. The molecule has 4 rings (SSSR count). The molecule has 0 radical (unpaired) electrons. The van der Waals surface area contributed by atoms with Gasteiger partial charge in [0.05, 0.1) is 38.2 Å². The van der Waals surface area contributed by atoms with Gasteiger partial charge in [0, 0.05) is 11.8 Å². The van der Waals surface area contributed by atoms with Gasteiger partial charge in [0.1, 0.15) is 0 Å². The number of ether oxygens (including phenoxy) is 2. The number of fused-ring (bicyclic) bond motifs is 1. The summed E-state index contributed by atoms with van der Waals surface area (Å²) in [5.74, 6) is 1.09. The molecule has 0 saturated carbocycles. The Morgan fingerprint density at radius 2 is 1.81 bits per heavy atom. The molecule has 2 fully saturated rings. The molecule has 2 heterocycles. The first-order valence-electron chi connectivity index (χ1n) is 9.88. The van der Waals surface area contributed by atoms with Crippen molar-refractivity contribution in [3.05, 3.63) is 59.7 Å². The Labute approximate surface area is 186 Å². The van der Waals surface area contributed by atoms with Gasteiger partial charge < -0.3 is 14.4 Å². The number of hydrogen-bond donors (Lipinski definition) is 0. The summed E-state index contributed by atoms with van der Waals surface area (Å²) in [5, 5.41) is 0.501. The standard InChI is InChI=1S/C22H24N2O5S2/c1-28-18-9-8-16(10-19(18)29-2)11-21(25)23-22-24(12-15-6-4-3-5-7-15)17-13-31(26,27)14-20(17)30-22/h3-10,17,20H,11-14H2,1-2H3/t17-,20-/m1/s1. The number of carbonyl (C=O) groups excluding carboxylic acids is 1. The maximum atomic E-state index is 12.7. The predicted octanol–water partition coefficient (Wildman–Crippen LogP) is 2.54. The number of aliphatic imine (C=N–C) groups is 1. The van der Waals surface area contributed by atoms with Crippen molar-refractivity contribution in [2.75, 3.05) is 25.7 Å². The van der Waals surface area contributed by atoms with Crippen molar-refractivity contribution < 1.29 is 22.7 Å². The Morgan fingerprint density at radius 1 is 1.06 bits per heavy atom. The van der Waals surface area contributed by atoms with Gasteiger partial charge in [-0.25, -0.2) is 8.42 Å². The minimum absolute atomic E-state index is 0.0960. The van der Waals surface area contributed by atoms with Crippen LogP contribution < -0.4 is 9.47 Å². The molecule has 2 aromatic rings. The molecule has 0 N–H and O–H groups in total. The summed E-state index contributed by atoms with van der Waals surface area (Å²) < 4.78 is 34.9. The Morgan fingerprint density at radius 3 is 2.52 bits per heavy atom. The molecule has 0 spiro atoms. The monoisotopic (exact) mass is 460 g/mol. The predicted molar refractivity (Wildman–Crippen MR) is 121 cm³/mol. The Bertz CT molecular complexity index is 1100. The summed E-state index contributed by atoms with van der Waals surface area (Å²) in [6.45, 7) is 0.521. The third-order valence-corrected chi connectivity index (χ3v) is 8.64. The summed E-state index contributed by atoms with van der Waals surface area (Å²) in [6, 6.07) is 15.0. The first kappa shape index (κ1) is 21.7. The van der Waals surface area contributed by atoms with Crippen molar-refractivity contribution in [3.63, 3.8) is 0 Å². The number of nitrogens with zero attached hydrogens (tertiary/aromatic N) is 2. The Kier molecular flexibility index (Phi) is 6.24. The Balaban J connectivity index is 1.55. The maximum absolute atomic E-state index is 12.7. The molecule has 0 aliphatic carbocycles. The summed E-state index contributed by atoms with van der Waals surface area (Å²) in [5.41, 5.74) is 1.82. The highest BCUT2D eigenvalue weighted by molar-refractivity contribution is 8.15. The number of thioether (sulfide) groups is 1. The van der Waals surface area contributed by atoms with E-state index in [4.69, 9.17) is 9.47 Å². The topological polar surface area (TPSA) is 85.3 Å². The largest absolute Gasteiger partial charge is 0.493 e. The third-order valence-electron chi connectivity index (χ3n) is 5.39. The van der Waals surface area contributed by atoms with Gasteiger partial charge in [0.2, 0.25) is 0 Å². The Hall–Kier alpha value is -2.52. The molecule has 2 saturated heterocycles. The van der Waals surface area contributed by atoms with Crippen LogP contribution in [0.25, 0.3) is 0 Å². The number of amides is 1. The van der Waals surface area contributed by atoms with Crippen LogP contribution in [0.1, 0.15) is 11.1 Å². The number of hydrogen-bond acceptors (Lipinski definition) is 6. The van der Waals surface area contributed by atoms with E-state index in [9.17, 15) is 13.2 Å². The number of rotatable bonds is 6. The summed E-state index contributed by atoms with van der Waals surface area (Å²) in [6.07, 6.45) is 0.122. The van der Waals surface area contributed by atoms with Crippen molar-refractivity contribution in [2.24, 2.45) is 4.99 Å². The highest BCUT2D eigenvalue weighted by Gasteiger charge is 2.48. The third kappa shape index (κ3) is 4.88. The second-order valence-electron chi connectivity index (χ2n) is 7.57. The summed E-state index contributed by atoms with van der Waals surface area (Å²) in [4.78, 5) is 19.1. The fourth-order valence-electron chi connectivity index (χ4n) is 3.91. The van der Waals surface area contributed by atoms with Crippen LogP contribution in [0.2, 0.25) is 0 Å². The van der Waals surface area contributed by atoms with Crippen molar-refractivity contribution in [1.29, 1.82) is 0 Å². The van der Waals surface area contributed by atoms with E-state index >= 15 is 0 Å². The van der Waals surface area contributed by atoms with Gasteiger partial charge in [-0.3, -0.25) is 4.79 Å². The lowest BCUT2D eigenvalue weighted by atomic mass is 10.1. The van der Waals surface area contributed by atoms with E-state index in [1.807, 2.05) is 41.3 Å². The summed E-state index contributed by atoms with van der Waals surface area (Å²) >= 11 is 1.39. The molecule has 0 bridgehead atoms. The lowest BCUT2D eigenvalue weighted by molar-refractivity contribution is -0.117. The van der Waals surface area contributed by atoms with E-state index in [1.165, 1.54) is 11.8 Å². The van der Waals surface area contributed by atoms with Crippen molar-refractivity contribution in [1.82, 2.24) is 4.90 Å². The maximum Gasteiger partial charge on any atom is 0.252 e. The van der Waals surface area contributed by atoms with Crippen LogP contribution in [0, 0.1) is 0 Å². The molecule has 7 nitrogen and oxygen atoms in total. The average Bonchev–Trinajstić information content (AvgIpc) is 3.20. The van der Waals surface area contributed by atoms with E-state index in [2.05, 4.69) is 4.99 Å². The fraction of sp³-hybridized carbons (Fsp3) is 0.364.